The van der Waals surface area contributed by atoms with Crippen LogP contribution in [0.3, 0.4) is 0 Å². The third-order valence-electron chi connectivity index (χ3n) is 6.23. The largest absolute Gasteiger partial charge is 0.478 e. The van der Waals surface area contributed by atoms with Gasteiger partial charge in [-0.3, -0.25) is 0 Å². The number of carbonyl (C=O) groups is 2. The predicted molar refractivity (Wildman–Crippen MR) is 151 cm³/mol. The quantitative estimate of drug-likeness (QED) is 0.222. The molecule has 0 atom stereocenters. The number of aromatic nitrogens is 1. The van der Waals surface area contributed by atoms with E-state index in [2.05, 4.69) is 9.88 Å². The Morgan fingerprint density at radius 3 is 2.50 bits per heavy atom. The Hall–Kier alpha value is -3.68. The van der Waals surface area contributed by atoms with Crippen LogP contribution in [-0.2, 0) is 17.8 Å². The van der Waals surface area contributed by atoms with E-state index in [0.717, 1.165) is 16.5 Å². The Labute approximate surface area is 231 Å². The number of aliphatic carboxylic acids is 1. The molecule has 0 aliphatic carbocycles. The van der Waals surface area contributed by atoms with Crippen LogP contribution in [0.1, 0.15) is 19.4 Å². The lowest BCUT2D eigenvalue weighted by atomic mass is 10.1. The number of benzene rings is 3. The summed E-state index contributed by atoms with van der Waals surface area (Å²) in [5.74, 6) is -0.562. The SMILES string of the molecule is CC(C)(Oc1ccc2c(ccn2CCN(CCc2ccccc2)C(=O)Nc2cccc(Cl)c2Cl)c1)C(=O)O. The molecule has 7 nitrogen and oxygen atoms in total. The van der Waals surface area contributed by atoms with Gasteiger partial charge in [0.05, 0.1) is 15.7 Å². The average molecular weight is 554 g/mol. The van der Waals surface area contributed by atoms with Gasteiger partial charge in [0, 0.05) is 36.7 Å². The van der Waals surface area contributed by atoms with Crippen LogP contribution in [0.4, 0.5) is 10.5 Å². The second kappa shape index (κ2) is 11.8. The second-order valence-corrected chi connectivity index (χ2v) is 10.2. The van der Waals surface area contributed by atoms with E-state index in [0.29, 0.717) is 47.5 Å². The monoisotopic (exact) mass is 553 g/mol. The van der Waals surface area contributed by atoms with Crippen molar-refractivity contribution in [1.82, 2.24) is 9.47 Å². The van der Waals surface area contributed by atoms with Crippen molar-refractivity contribution >= 4 is 51.8 Å². The Morgan fingerprint density at radius 2 is 1.76 bits per heavy atom. The zero-order chi connectivity index (χ0) is 27.3. The van der Waals surface area contributed by atoms with E-state index in [1.54, 1.807) is 29.2 Å². The van der Waals surface area contributed by atoms with Crippen molar-refractivity contribution in [2.45, 2.75) is 32.4 Å². The number of fused-ring (bicyclic) bond motifs is 1. The molecule has 0 fully saturated rings. The van der Waals surface area contributed by atoms with E-state index in [9.17, 15) is 14.7 Å². The molecule has 4 rings (SSSR count). The van der Waals surface area contributed by atoms with Crippen LogP contribution >= 0.6 is 23.2 Å². The molecule has 0 bridgehead atoms. The van der Waals surface area contributed by atoms with Gasteiger partial charge < -0.3 is 24.6 Å². The van der Waals surface area contributed by atoms with Gasteiger partial charge in [-0.25, -0.2) is 9.59 Å². The standard InChI is InChI=1S/C29H29Cl2N3O4/c1-29(2,27(35)36)38-22-11-12-25-21(19-22)14-16-33(25)17-18-34(15-13-20-7-4-3-5-8-20)28(37)32-24-10-6-9-23(30)26(24)31/h3-12,14,16,19H,13,15,17-18H2,1-2H3,(H,32,37)(H,35,36). The first-order valence-electron chi connectivity index (χ1n) is 12.2. The number of carboxylic acids is 1. The molecule has 4 aromatic rings. The van der Waals surface area contributed by atoms with Crippen molar-refractivity contribution in [3.05, 3.63) is 94.6 Å². The summed E-state index contributed by atoms with van der Waals surface area (Å²) < 4.78 is 7.72. The number of carboxylic acid groups (broad SMARTS) is 1. The van der Waals surface area contributed by atoms with Gasteiger partial charge in [-0.1, -0.05) is 59.6 Å². The molecule has 9 heteroatoms. The average Bonchev–Trinajstić information content (AvgIpc) is 3.29. The molecular formula is C29H29Cl2N3O4. The minimum atomic E-state index is -1.34. The maximum absolute atomic E-state index is 13.3. The number of amides is 2. The first-order chi connectivity index (χ1) is 18.1. The lowest BCUT2D eigenvalue weighted by Gasteiger charge is -2.24. The van der Waals surface area contributed by atoms with E-state index in [1.807, 2.05) is 54.7 Å². The van der Waals surface area contributed by atoms with Crippen molar-refractivity contribution in [1.29, 1.82) is 0 Å². The fraction of sp³-hybridized carbons (Fsp3) is 0.241. The Morgan fingerprint density at radius 1 is 1.00 bits per heavy atom. The third-order valence-corrected chi connectivity index (χ3v) is 7.05. The highest BCUT2D eigenvalue weighted by molar-refractivity contribution is 6.43. The fourth-order valence-electron chi connectivity index (χ4n) is 4.02. The number of carbonyl (C=O) groups excluding carboxylic acids is 1. The van der Waals surface area contributed by atoms with Crippen LogP contribution in [0, 0.1) is 0 Å². The molecule has 198 valence electrons. The van der Waals surface area contributed by atoms with Crippen LogP contribution in [0.15, 0.2) is 79.0 Å². The topological polar surface area (TPSA) is 83.8 Å². The van der Waals surface area contributed by atoms with Gasteiger partial charge in [-0.2, -0.15) is 0 Å². The summed E-state index contributed by atoms with van der Waals surface area (Å²) in [4.78, 5) is 26.5. The van der Waals surface area contributed by atoms with E-state index in [-0.39, 0.29) is 6.03 Å². The summed E-state index contributed by atoms with van der Waals surface area (Å²) in [7, 11) is 0. The summed E-state index contributed by atoms with van der Waals surface area (Å²) >= 11 is 12.4. The van der Waals surface area contributed by atoms with Gasteiger partial charge in [0.2, 0.25) is 0 Å². The molecule has 0 saturated heterocycles. The number of hydrogen-bond donors (Lipinski definition) is 2. The smallest absolute Gasteiger partial charge is 0.347 e. The van der Waals surface area contributed by atoms with Gasteiger partial charge in [-0.05, 0) is 62.2 Å². The lowest BCUT2D eigenvalue weighted by molar-refractivity contribution is -0.152. The minimum absolute atomic E-state index is 0.270. The number of urea groups is 1. The van der Waals surface area contributed by atoms with Crippen LogP contribution < -0.4 is 10.1 Å². The highest BCUT2D eigenvalue weighted by Crippen LogP contribution is 2.30. The van der Waals surface area contributed by atoms with Crippen molar-refractivity contribution in [3.63, 3.8) is 0 Å². The zero-order valence-corrected chi connectivity index (χ0v) is 22.7. The van der Waals surface area contributed by atoms with Gasteiger partial charge in [0.15, 0.2) is 5.60 Å². The Kier molecular flexibility index (Phi) is 8.49. The first-order valence-corrected chi connectivity index (χ1v) is 12.9. The maximum Gasteiger partial charge on any atom is 0.347 e. The zero-order valence-electron chi connectivity index (χ0n) is 21.2. The third kappa shape index (κ3) is 6.60. The van der Waals surface area contributed by atoms with E-state index in [1.165, 1.54) is 13.8 Å². The molecule has 0 aliphatic heterocycles. The van der Waals surface area contributed by atoms with Gasteiger partial charge in [0.25, 0.3) is 0 Å². The highest BCUT2D eigenvalue weighted by Gasteiger charge is 2.29. The van der Waals surface area contributed by atoms with Crippen LogP contribution in [0.2, 0.25) is 10.0 Å². The number of nitrogens with zero attached hydrogens (tertiary/aromatic N) is 2. The Bertz CT molecular complexity index is 1440. The number of nitrogens with one attached hydrogen (secondary N) is 1. The van der Waals surface area contributed by atoms with Gasteiger partial charge >= 0.3 is 12.0 Å². The number of ether oxygens (including phenoxy) is 1. The van der Waals surface area contributed by atoms with Crippen molar-refractivity contribution in [3.8, 4) is 5.75 Å². The number of rotatable bonds is 10. The molecule has 0 spiro atoms. The Balaban J connectivity index is 1.49. The summed E-state index contributed by atoms with van der Waals surface area (Å²) in [6.45, 7) is 4.53. The van der Waals surface area contributed by atoms with Crippen molar-refractivity contribution in [2.75, 3.05) is 18.4 Å². The second-order valence-electron chi connectivity index (χ2n) is 9.40. The molecule has 0 aliphatic rings. The number of halogens is 2. The van der Waals surface area contributed by atoms with Crippen LogP contribution in [0.25, 0.3) is 10.9 Å². The van der Waals surface area contributed by atoms with Gasteiger partial charge in [-0.15, -0.1) is 0 Å². The summed E-state index contributed by atoms with van der Waals surface area (Å²) in [5, 5.41) is 13.8. The van der Waals surface area contributed by atoms with Gasteiger partial charge in [0.1, 0.15) is 5.75 Å². The van der Waals surface area contributed by atoms with Crippen LogP contribution in [0.5, 0.6) is 5.75 Å². The predicted octanol–water partition coefficient (Wildman–Crippen LogP) is 6.97. The molecule has 0 radical (unpaired) electrons. The first kappa shape index (κ1) is 27.4. The molecule has 38 heavy (non-hydrogen) atoms. The number of anilines is 1. The maximum atomic E-state index is 13.3. The van der Waals surface area contributed by atoms with Crippen molar-refractivity contribution in [2.24, 2.45) is 0 Å². The van der Waals surface area contributed by atoms with E-state index >= 15 is 0 Å². The summed E-state index contributed by atoms with van der Waals surface area (Å²) in [6, 6.07) is 22.2. The molecule has 0 saturated carbocycles. The minimum Gasteiger partial charge on any atom is -0.478 e. The molecule has 0 unspecified atom stereocenters. The normalized spacial score (nSPS) is 11.4. The molecule has 2 amide bonds. The van der Waals surface area contributed by atoms with Crippen LogP contribution in [-0.4, -0.2) is 45.3 Å². The molecule has 1 aromatic heterocycles. The summed E-state index contributed by atoms with van der Waals surface area (Å²) in [5.41, 5.74) is 1.20. The van der Waals surface area contributed by atoms with Crippen molar-refractivity contribution < 1.29 is 19.4 Å². The highest BCUT2D eigenvalue weighted by atomic mass is 35.5. The molecular weight excluding hydrogens is 525 g/mol. The molecule has 1 heterocycles. The fourth-order valence-corrected chi connectivity index (χ4v) is 4.37. The number of hydrogen-bond acceptors (Lipinski definition) is 3. The molecule has 3 aromatic carbocycles. The summed E-state index contributed by atoms with van der Waals surface area (Å²) in [6.07, 6.45) is 2.64. The lowest BCUT2D eigenvalue weighted by Crippen LogP contribution is -2.38. The van der Waals surface area contributed by atoms with E-state index < -0.39 is 11.6 Å². The molecule has 2 N–H and O–H groups in total. The van der Waals surface area contributed by atoms with E-state index in [4.69, 9.17) is 27.9 Å².